The highest BCUT2D eigenvalue weighted by Gasteiger charge is 2.15. The Morgan fingerprint density at radius 2 is 1.94 bits per heavy atom. The smallest absolute Gasteiger partial charge is 0.255 e. The third-order valence-electron chi connectivity index (χ3n) is 2.27. The van der Waals surface area contributed by atoms with E-state index in [0.717, 1.165) is 6.07 Å². The molecule has 0 aliphatic heterocycles. The molecule has 0 aliphatic rings. The summed E-state index contributed by atoms with van der Waals surface area (Å²) in [7, 11) is 0. The van der Waals surface area contributed by atoms with Crippen molar-refractivity contribution in [1.82, 2.24) is 0 Å². The molecular formula is C13H10FNO3. The van der Waals surface area contributed by atoms with Crippen LogP contribution < -0.4 is 10.5 Å². The standard InChI is InChI=1S/C13H10FNO3/c14-10-5-2-6-11(12(10)13(15)17)18-9-4-1-3-8(16)7-9/h1-7,16H,(H2,15,17). The molecule has 0 aromatic heterocycles. The fourth-order valence-corrected chi connectivity index (χ4v) is 1.50. The summed E-state index contributed by atoms with van der Waals surface area (Å²) in [6.45, 7) is 0. The third kappa shape index (κ3) is 2.40. The Balaban J connectivity index is 2.40. The van der Waals surface area contributed by atoms with Gasteiger partial charge in [0.25, 0.3) is 5.91 Å². The summed E-state index contributed by atoms with van der Waals surface area (Å²) in [5, 5.41) is 9.28. The topological polar surface area (TPSA) is 72.6 Å². The van der Waals surface area contributed by atoms with Gasteiger partial charge in [0.1, 0.15) is 28.6 Å². The lowest BCUT2D eigenvalue weighted by Crippen LogP contribution is -2.14. The number of hydrogen-bond acceptors (Lipinski definition) is 3. The van der Waals surface area contributed by atoms with Crippen LogP contribution in [0.15, 0.2) is 42.5 Å². The van der Waals surface area contributed by atoms with Crippen LogP contribution >= 0.6 is 0 Å². The zero-order valence-corrected chi connectivity index (χ0v) is 9.26. The number of carbonyl (C=O) groups is 1. The summed E-state index contributed by atoms with van der Waals surface area (Å²) in [6.07, 6.45) is 0. The van der Waals surface area contributed by atoms with Crippen molar-refractivity contribution in [3.63, 3.8) is 0 Å². The minimum atomic E-state index is -0.914. The first-order valence-corrected chi connectivity index (χ1v) is 5.13. The zero-order chi connectivity index (χ0) is 13.1. The number of carbonyl (C=O) groups excluding carboxylic acids is 1. The number of primary amides is 1. The van der Waals surface area contributed by atoms with Crippen LogP contribution in [-0.4, -0.2) is 11.0 Å². The molecular weight excluding hydrogens is 237 g/mol. The summed E-state index contributed by atoms with van der Waals surface area (Å²) in [4.78, 5) is 11.2. The van der Waals surface area contributed by atoms with Crippen LogP contribution in [0.3, 0.4) is 0 Å². The van der Waals surface area contributed by atoms with E-state index in [0.29, 0.717) is 0 Å². The Kier molecular flexibility index (Phi) is 3.14. The van der Waals surface area contributed by atoms with E-state index in [-0.39, 0.29) is 22.8 Å². The molecule has 2 aromatic carbocycles. The van der Waals surface area contributed by atoms with Crippen molar-refractivity contribution in [1.29, 1.82) is 0 Å². The molecule has 0 bridgehead atoms. The van der Waals surface area contributed by atoms with Gasteiger partial charge < -0.3 is 15.6 Å². The van der Waals surface area contributed by atoms with Gasteiger partial charge in [0.2, 0.25) is 0 Å². The lowest BCUT2D eigenvalue weighted by molar-refractivity contribution is 0.0994. The van der Waals surface area contributed by atoms with Crippen LogP contribution in [-0.2, 0) is 0 Å². The molecule has 0 saturated carbocycles. The van der Waals surface area contributed by atoms with Crippen LogP contribution in [0.25, 0.3) is 0 Å². The van der Waals surface area contributed by atoms with Crippen molar-refractivity contribution < 1.29 is 19.0 Å². The molecule has 2 rings (SSSR count). The maximum atomic E-state index is 13.5. The first kappa shape index (κ1) is 11.9. The van der Waals surface area contributed by atoms with Gasteiger partial charge in [-0.15, -0.1) is 0 Å². The largest absolute Gasteiger partial charge is 0.508 e. The fourth-order valence-electron chi connectivity index (χ4n) is 1.50. The number of phenols is 1. The summed E-state index contributed by atoms with van der Waals surface area (Å²) >= 11 is 0. The SMILES string of the molecule is NC(=O)c1c(F)cccc1Oc1cccc(O)c1. The number of rotatable bonds is 3. The highest BCUT2D eigenvalue weighted by Crippen LogP contribution is 2.28. The summed E-state index contributed by atoms with van der Waals surface area (Å²) in [5.41, 5.74) is 4.77. The van der Waals surface area contributed by atoms with Gasteiger partial charge in [-0.1, -0.05) is 12.1 Å². The molecule has 0 aliphatic carbocycles. The quantitative estimate of drug-likeness (QED) is 0.874. The maximum absolute atomic E-state index is 13.5. The lowest BCUT2D eigenvalue weighted by atomic mass is 10.2. The second-order valence-corrected chi connectivity index (χ2v) is 3.58. The highest BCUT2D eigenvalue weighted by atomic mass is 19.1. The molecule has 0 spiro atoms. The number of amides is 1. The van der Waals surface area contributed by atoms with Crippen LogP contribution in [0.4, 0.5) is 4.39 Å². The van der Waals surface area contributed by atoms with E-state index in [1.165, 1.54) is 24.3 Å². The van der Waals surface area contributed by atoms with E-state index in [1.54, 1.807) is 12.1 Å². The van der Waals surface area contributed by atoms with Crippen LogP contribution in [0.1, 0.15) is 10.4 Å². The van der Waals surface area contributed by atoms with Crippen LogP contribution in [0, 0.1) is 5.82 Å². The van der Waals surface area contributed by atoms with E-state index in [2.05, 4.69) is 0 Å². The Labute approximate surface area is 102 Å². The van der Waals surface area contributed by atoms with Gasteiger partial charge in [-0.3, -0.25) is 4.79 Å². The Bertz CT molecular complexity index is 599. The van der Waals surface area contributed by atoms with Gasteiger partial charge in [-0.2, -0.15) is 0 Å². The lowest BCUT2D eigenvalue weighted by Gasteiger charge is -2.09. The Morgan fingerprint density at radius 3 is 2.61 bits per heavy atom. The summed E-state index contributed by atoms with van der Waals surface area (Å²) < 4.78 is 18.8. The van der Waals surface area contributed by atoms with Crippen LogP contribution in [0.5, 0.6) is 17.2 Å². The average Bonchev–Trinajstić information content (AvgIpc) is 2.28. The van der Waals surface area contributed by atoms with E-state index in [1.807, 2.05) is 0 Å². The highest BCUT2D eigenvalue weighted by molar-refractivity contribution is 5.96. The van der Waals surface area contributed by atoms with E-state index < -0.39 is 11.7 Å². The summed E-state index contributed by atoms with van der Waals surface area (Å²) in [5.74, 6) is -1.37. The van der Waals surface area contributed by atoms with Gasteiger partial charge in [0.05, 0.1) is 0 Å². The first-order valence-electron chi connectivity index (χ1n) is 5.13. The molecule has 0 fully saturated rings. The normalized spacial score (nSPS) is 10.1. The minimum absolute atomic E-state index is 0.00419. The van der Waals surface area contributed by atoms with Gasteiger partial charge >= 0.3 is 0 Å². The second kappa shape index (κ2) is 4.75. The molecule has 0 saturated heterocycles. The van der Waals surface area contributed by atoms with Gasteiger partial charge in [-0.05, 0) is 24.3 Å². The fraction of sp³-hybridized carbons (Fsp3) is 0. The summed E-state index contributed by atoms with van der Waals surface area (Å²) in [6, 6.07) is 9.88. The predicted molar refractivity (Wildman–Crippen MR) is 63.1 cm³/mol. The third-order valence-corrected chi connectivity index (χ3v) is 2.27. The molecule has 0 radical (unpaired) electrons. The molecule has 2 aromatic rings. The molecule has 4 nitrogen and oxygen atoms in total. The molecule has 0 unspecified atom stereocenters. The number of benzene rings is 2. The van der Waals surface area contributed by atoms with Crippen molar-refractivity contribution in [2.75, 3.05) is 0 Å². The molecule has 1 amide bonds. The van der Waals surface area contributed by atoms with E-state index in [4.69, 9.17) is 10.5 Å². The monoisotopic (exact) mass is 247 g/mol. The molecule has 18 heavy (non-hydrogen) atoms. The zero-order valence-electron chi connectivity index (χ0n) is 9.26. The van der Waals surface area contributed by atoms with Crippen molar-refractivity contribution in [2.45, 2.75) is 0 Å². The average molecular weight is 247 g/mol. The van der Waals surface area contributed by atoms with Gasteiger partial charge in [-0.25, -0.2) is 4.39 Å². The predicted octanol–water partition coefficient (Wildman–Crippen LogP) is 2.42. The molecule has 0 heterocycles. The van der Waals surface area contributed by atoms with E-state index >= 15 is 0 Å². The number of nitrogens with two attached hydrogens (primary N) is 1. The number of hydrogen-bond donors (Lipinski definition) is 2. The molecule has 92 valence electrons. The Hall–Kier alpha value is -2.56. The molecule has 3 N–H and O–H groups in total. The molecule has 0 atom stereocenters. The van der Waals surface area contributed by atoms with E-state index in [9.17, 15) is 14.3 Å². The number of ether oxygens (including phenoxy) is 1. The Morgan fingerprint density at radius 1 is 1.22 bits per heavy atom. The first-order chi connectivity index (χ1) is 8.58. The van der Waals surface area contributed by atoms with Gasteiger partial charge in [0.15, 0.2) is 0 Å². The number of phenolic OH excluding ortho intramolecular Hbond substituents is 1. The van der Waals surface area contributed by atoms with Crippen molar-refractivity contribution in [3.8, 4) is 17.2 Å². The van der Waals surface area contributed by atoms with Crippen molar-refractivity contribution in [2.24, 2.45) is 5.73 Å². The van der Waals surface area contributed by atoms with Crippen molar-refractivity contribution in [3.05, 3.63) is 53.8 Å². The van der Waals surface area contributed by atoms with Gasteiger partial charge in [0, 0.05) is 6.07 Å². The maximum Gasteiger partial charge on any atom is 0.255 e. The minimum Gasteiger partial charge on any atom is -0.508 e. The second-order valence-electron chi connectivity index (χ2n) is 3.58. The molecule has 5 heteroatoms. The van der Waals surface area contributed by atoms with Crippen molar-refractivity contribution >= 4 is 5.91 Å². The number of aromatic hydroxyl groups is 1. The van der Waals surface area contributed by atoms with Crippen LogP contribution in [0.2, 0.25) is 0 Å². The number of halogens is 1.